The monoisotopic (exact) mass is 383 g/mol. The maximum Gasteiger partial charge on any atom is 0.271 e. The van der Waals surface area contributed by atoms with E-state index in [1.54, 1.807) is 6.92 Å². The summed E-state index contributed by atoms with van der Waals surface area (Å²) in [5.74, 6) is -0.570. The van der Waals surface area contributed by atoms with Crippen LogP contribution in [-0.2, 0) is 10.0 Å². The van der Waals surface area contributed by atoms with Crippen molar-refractivity contribution in [2.45, 2.75) is 6.92 Å². The molecule has 0 atom stereocenters. The third-order valence-corrected chi connectivity index (χ3v) is 4.12. The Morgan fingerprint density at radius 3 is 2.44 bits per heavy atom. The summed E-state index contributed by atoms with van der Waals surface area (Å²) < 4.78 is 24.7. The van der Waals surface area contributed by atoms with Crippen molar-refractivity contribution < 1.29 is 18.1 Å². The number of non-ortho nitro benzene ring substituents is 1. The van der Waals surface area contributed by atoms with E-state index in [2.05, 4.69) is 10.0 Å². The zero-order valence-corrected chi connectivity index (χ0v) is 14.8. The molecule has 0 saturated carbocycles. The largest absolute Gasteiger partial charge is 0.321 e. The predicted molar refractivity (Wildman–Crippen MR) is 95.7 cm³/mol. The van der Waals surface area contributed by atoms with Crippen molar-refractivity contribution in [2.24, 2.45) is 0 Å². The molecule has 0 saturated heterocycles. The van der Waals surface area contributed by atoms with E-state index in [-0.39, 0.29) is 27.6 Å². The average Bonchev–Trinajstić information content (AvgIpc) is 2.47. The smallest absolute Gasteiger partial charge is 0.271 e. The number of hydrogen-bond donors (Lipinski definition) is 2. The molecule has 132 valence electrons. The van der Waals surface area contributed by atoms with E-state index in [0.717, 1.165) is 6.26 Å². The highest BCUT2D eigenvalue weighted by Crippen LogP contribution is 2.25. The second kappa shape index (κ2) is 7.08. The summed E-state index contributed by atoms with van der Waals surface area (Å²) in [4.78, 5) is 22.6. The summed E-state index contributed by atoms with van der Waals surface area (Å²) in [6, 6.07) is 8.16. The molecule has 8 nitrogen and oxygen atoms in total. The molecule has 10 heteroatoms. The summed E-state index contributed by atoms with van der Waals surface area (Å²) in [5, 5.41) is 13.4. The van der Waals surface area contributed by atoms with Crippen LogP contribution in [0.1, 0.15) is 15.9 Å². The SMILES string of the molecule is Cc1ccc([N+](=O)[O-])cc1NC(=O)c1ccc(NS(C)(=O)=O)cc1Cl. The number of anilines is 2. The fraction of sp³-hybridized carbons (Fsp3) is 0.133. The molecule has 0 aliphatic heterocycles. The Morgan fingerprint density at radius 1 is 1.20 bits per heavy atom. The van der Waals surface area contributed by atoms with Crippen LogP contribution in [0.5, 0.6) is 0 Å². The lowest BCUT2D eigenvalue weighted by Gasteiger charge is -2.11. The van der Waals surface area contributed by atoms with Crippen molar-refractivity contribution >= 4 is 44.6 Å². The Labute approximate surface area is 149 Å². The lowest BCUT2D eigenvalue weighted by Crippen LogP contribution is -2.14. The molecule has 2 aromatic carbocycles. The van der Waals surface area contributed by atoms with Crippen molar-refractivity contribution in [1.29, 1.82) is 0 Å². The molecule has 0 aliphatic carbocycles. The molecule has 0 aromatic heterocycles. The van der Waals surface area contributed by atoms with E-state index in [0.29, 0.717) is 5.56 Å². The number of sulfonamides is 1. The molecule has 2 aromatic rings. The molecule has 0 fully saturated rings. The first-order valence-corrected chi connectivity index (χ1v) is 9.17. The molecule has 2 rings (SSSR count). The number of nitro benzene ring substituents is 1. The standard InChI is InChI=1S/C15H14ClN3O5S/c1-9-3-5-11(19(21)22)8-14(9)17-15(20)12-6-4-10(7-13(12)16)18-25(2,23)24/h3-8,18H,1-2H3,(H,17,20). The average molecular weight is 384 g/mol. The first-order chi connectivity index (χ1) is 11.6. The summed E-state index contributed by atoms with van der Waals surface area (Å²) in [6.07, 6.45) is 0.993. The number of nitrogens with zero attached hydrogens (tertiary/aromatic N) is 1. The van der Waals surface area contributed by atoms with Gasteiger partial charge < -0.3 is 5.32 Å². The number of nitrogens with one attached hydrogen (secondary N) is 2. The Balaban J connectivity index is 2.27. The Hall–Kier alpha value is -2.65. The number of benzene rings is 2. The van der Waals surface area contributed by atoms with E-state index < -0.39 is 20.9 Å². The van der Waals surface area contributed by atoms with Gasteiger partial charge in [0.15, 0.2) is 0 Å². The number of aryl methyl sites for hydroxylation is 1. The second-order valence-corrected chi connectivity index (χ2v) is 7.43. The fourth-order valence-corrected chi connectivity index (χ4v) is 2.85. The minimum absolute atomic E-state index is 0.0363. The molecule has 25 heavy (non-hydrogen) atoms. The van der Waals surface area contributed by atoms with Crippen molar-refractivity contribution in [1.82, 2.24) is 0 Å². The van der Waals surface area contributed by atoms with Crippen molar-refractivity contribution in [2.75, 3.05) is 16.3 Å². The highest BCUT2D eigenvalue weighted by molar-refractivity contribution is 7.92. The van der Waals surface area contributed by atoms with Gasteiger partial charge in [0.2, 0.25) is 10.0 Å². The molecular formula is C15H14ClN3O5S. The van der Waals surface area contributed by atoms with Crippen LogP contribution in [-0.4, -0.2) is 25.5 Å². The van der Waals surface area contributed by atoms with Crippen LogP contribution in [0.15, 0.2) is 36.4 Å². The van der Waals surface area contributed by atoms with Gasteiger partial charge in [-0.15, -0.1) is 0 Å². The van der Waals surface area contributed by atoms with Crippen LogP contribution in [0.4, 0.5) is 17.1 Å². The van der Waals surface area contributed by atoms with Crippen LogP contribution < -0.4 is 10.0 Å². The number of carbonyl (C=O) groups excluding carboxylic acids is 1. The van der Waals surface area contributed by atoms with Crippen LogP contribution in [0, 0.1) is 17.0 Å². The van der Waals surface area contributed by atoms with E-state index in [1.807, 2.05) is 0 Å². The lowest BCUT2D eigenvalue weighted by atomic mass is 10.1. The van der Waals surface area contributed by atoms with Gasteiger partial charge in [0.05, 0.1) is 27.5 Å². The third kappa shape index (κ3) is 4.91. The zero-order chi connectivity index (χ0) is 18.8. The highest BCUT2D eigenvalue weighted by atomic mass is 35.5. The lowest BCUT2D eigenvalue weighted by molar-refractivity contribution is -0.384. The van der Waals surface area contributed by atoms with Crippen molar-refractivity contribution in [3.05, 3.63) is 62.7 Å². The van der Waals surface area contributed by atoms with Gasteiger partial charge in [-0.2, -0.15) is 0 Å². The maximum atomic E-state index is 12.4. The summed E-state index contributed by atoms with van der Waals surface area (Å²) in [5.41, 5.74) is 1.10. The summed E-state index contributed by atoms with van der Waals surface area (Å²) in [7, 11) is -3.47. The first-order valence-electron chi connectivity index (χ1n) is 6.90. The van der Waals surface area contributed by atoms with Crippen molar-refractivity contribution in [3.8, 4) is 0 Å². The van der Waals surface area contributed by atoms with Gasteiger partial charge in [-0.05, 0) is 30.7 Å². The number of nitro groups is 1. The normalized spacial score (nSPS) is 11.0. The zero-order valence-electron chi connectivity index (χ0n) is 13.2. The Bertz CT molecular complexity index is 960. The van der Waals surface area contributed by atoms with Crippen LogP contribution in [0.3, 0.4) is 0 Å². The van der Waals surface area contributed by atoms with Gasteiger partial charge >= 0.3 is 0 Å². The molecule has 0 heterocycles. The summed E-state index contributed by atoms with van der Waals surface area (Å²) >= 11 is 6.04. The van der Waals surface area contributed by atoms with E-state index in [4.69, 9.17) is 11.6 Å². The van der Waals surface area contributed by atoms with E-state index >= 15 is 0 Å². The number of hydrogen-bond acceptors (Lipinski definition) is 5. The Kier molecular flexibility index (Phi) is 5.29. The predicted octanol–water partition coefficient (Wildman–Crippen LogP) is 3.18. The third-order valence-electron chi connectivity index (χ3n) is 3.20. The first kappa shape index (κ1) is 18.7. The van der Waals surface area contributed by atoms with Gasteiger partial charge in [-0.3, -0.25) is 19.6 Å². The molecule has 1 amide bonds. The highest BCUT2D eigenvalue weighted by Gasteiger charge is 2.15. The number of carbonyl (C=O) groups is 1. The van der Waals surface area contributed by atoms with Crippen LogP contribution in [0.2, 0.25) is 5.02 Å². The van der Waals surface area contributed by atoms with Gasteiger partial charge in [-0.1, -0.05) is 17.7 Å². The van der Waals surface area contributed by atoms with Gasteiger partial charge in [0.1, 0.15) is 0 Å². The van der Waals surface area contributed by atoms with Gasteiger partial charge in [-0.25, -0.2) is 8.42 Å². The van der Waals surface area contributed by atoms with Gasteiger partial charge in [0.25, 0.3) is 11.6 Å². The quantitative estimate of drug-likeness (QED) is 0.607. The van der Waals surface area contributed by atoms with E-state index in [1.165, 1.54) is 36.4 Å². The van der Waals surface area contributed by atoms with Crippen LogP contribution >= 0.6 is 11.6 Å². The summed E-state index contributed by atoms with van der Waals surface area (Å²) in [6.45, 7) is 1.69. The van der Waals surface area contributed by atoms with Crippen LogP contribution in [0.25, 0.3) is 0 Å². The molecule has 0 spiro atoms. The number of amides is 1. The second-order valence-electron chi connectivity index (χ2n) is 5.28. The molecule has 0 bridgehead atoms. The van der Waals surface area contributed by atoms with Gasteiger partial charge in [0, 0.05) is 17.8 Å². The molecule has 0 unspecified atom stereocenters. The topological polar surface area (TPSA) is 118 Å². The fourth-order valence-electron chi connectivity index (χ4n) is 2.02. The molecule has 0 aliphatic rings. The number of halogens is 1. The molecule has 2 N–H and O–H groups in total. The van der Waals surface area contributed by atoms with Crippen molar-refractivity contribution in [3.63, 3.8) is 0 Å². The maximum absolute atomic E-state index is 12.4. The minimum atomic E-state index is -3.47. The molecular weight excluding hydrogens is 370 g/mol. The molecule has 0 radical (unpaired) electrons. The Morgan fingerprint density at radius 2 is 1.88 bits per heavy atom. The number of rotatable bonds is 5. The minimum Gasteiger partial charge on any atom is -0.321 e. The van der Waals surface area contributed by atoms with E-state index in [9.17, 15) is 23.3 Å².